The Bertz CT molecular complexity index is 638. The molecule has 1 aliphatic rings. The van der Waals surface area contributed by atoms with Gasteiger partial charge in [0.25, 0.3) is 0 Å². The third-order valence-corrected chi connectivity index (χ3v) is 2.89. The van der Waals surface area contributed by atoms with Crippen molar-refractivity contribution >= 4 is 5.69 Å². The van der Waals surface area contributed by atoms with Gasteiger partial charge in [0.2, 0.25) is 0 Å². The van der Waals surface area contributed by atoms with Gasteiger partial charge in [0.1, 0.15) is 0 Å². The zero-order chi connectivity index (χ0) is 13.8. The Kier molecular flexibility index (Phi) is 3.75. The molecule has 0 aromatic carbocycles. The molecule has 0 spiro atoms. The van der Waals surface area contributed by atoms with E-state index in [-0.39, 0.29) is 0 Å². The molecule has 5 heteroatoms. The van der Waals surface area contributed by atoms with Crippen LogP contribution in [0.25, 0.3) is 0 Å². The average Bonchev–Trinajstić information content (AvgIpc) is 2.56. The maximum absolute atomic E-state index is 11.3. The molecule has 1 aromatic heterocycles. The molecule has 0 radical (unpaired) electrons. The Morgan fingerprint density at radius 2 is 2.21 bits per heavy atom. The summed E-state index contributed by atoms with van der Waals surface area (Å²) >= 11 is 0. The van der Waals surface area contributed by atoms with Crippen molar-refractivity contribution in [3.05, 3.63) is 74.2 Å². The molecule has 98 valence electrons. The molecule has 0 fully saturated rings. The second kappa shape index (κ2) is 5.48. The molecule has 0 saturated heterocycles. The average molecular weight is 258 g/mol. The van der Waals surface area contributed by atoms with Crippen LogP contribution in [-0.2, 0) is 6.42 Å². The van der Waals surface area contributed by atoms with Crippen LogP contribution in [0.5, 0.6) is 0 Å². The normalized spacial score (nSPS) is 17.9. The predicted octanol–water partition coefficient (Wildman–Crippen LogP) is 2.51. The highest BCUT2D eigenvalue weighted by Gasteiger charge is 2.13. The fourth-order valence-electron chi connectivity index (χ4n) is 1.86. The fraction of sp³-hybridized carbons (Fsp3) is 0.214. The SMILES string of the molecule is CC1C=CC=C(Cc2c[nH]c(=O)c([N+](=O)[O-])c2)C=C1. The third kappa shape index (κ3) is 3.28. The number of hydrogen-bond acceptors (Lipinski definition) is 3. The Balaban J connectivity index is 2.25. The lowest BCUT2D eigenvalue weighted by Crippen LogP contribution is -2.11. The summed E-state index contributed by atoms with van der Waals surface area (Å²) in [5.41, 5.74) is 0.666. The van der Waals surface area contributed by atoms with Crippen molar-refractivity contribution in [1.82, 2.24) is 4.98 Å². The van der Waals surface area contributed by atoms with E-state index in [1.54, 1.807) is 0 Å². The van der Waals surface area contributed by atoms with Crippen LogP contribution >= 0.6 is 0 Å². The molecule has 0 saturated carbocycles. The van der Waals surface area contributed by atoms with Gasteiger partial charge in [-0.1, -0.05) is 37.3 Å². The Morgan fingerprint density at radius 3 is 2.95 bits per heavy atom. The van der Waals surface area contributed by atoms with Crippen molar-refractivity contribution in [2.75, 3.05) is 0 Å². The van der Waals surface area contributed by atoms with E-state index in [0.717, 1.165) is 5.57 Å². The zero-order valence-electron chi connectivity index (χ0n) is 10.5. The minimum atomic E-state index is -0.673. The van der Waals surface area contributed by atoms with Crippen molar-refractivity contribution in [2.24, 2.45) is 5.92 Å². The number of nitrogens with zero attached hydrogens (tertiary/aromatic N) is 1. The summed E-state index contributed by atoms with van der Waals surface area (Å²) in [4.78, 5) is 23.7. The minimum absolute atomic E-state index is 0.374. The van der Waals surface area contributed by atoms with E-state index in [9.17, 15) is 14.9 Å². The highest BCUT2D eigenvalue weighted by Crippen LogP contribution is 2.15. The first-order valence-corrected chi connectivity index (χ1v) is 5.98. The molecular weight excluding hydrogens is 244 g/mol. The molecule has 0 aliphatic heterocycles. The first-order valence-electron chi connectivity index (χ1n) is 5.98. The molecule has 19 heavy (non-hydrogen) atoms. The smallest absolute Gasteiger partial charge is 0.323 e. The van der Waals surface area contributed by atoms with Crippen LogP contribution < -0.4 is 5.56 Å². The van der Waals surface area contributed by atoms with Gasteiger partial charge in [-0.3, -0.25) is 14.9 Å². The summed E-state index contributed by atoms with van der Waals surface area (Å²) in [5.74, 6) is 0.374. The lowest BCUT2D eigenvalue weighted by molar-refractivity contribution is -0.386. The van der Waals surface area contributed by atoms with Gasteiger partial charge in [-0.2, -0.15) is 0 Å². The summed E-state index contributed by atoms with van der Waals surface area (Å²) in [5, 5.41) is 10.7. The number of nitro groups is 1. The Labute approximate surface area is 110 Å². The van der Waals surface area contributed by atoms with Gasteiger partial charge in [-0.05, 0) is 23.5 Å². The molecule has 0 bridgehead atoms. The molecule has 1 unspecified atom stereocenters. The van der Waals surface area contributed by atoms with Crippen LogP contribution in [-0.4, -0.2) is 9.91 Å². The standard InChI is InChI=1S/C14H14N2O3/c1-10-3-2-4-11(6-5-10)7-12-8-13(16(18)19)14(17)15-9-12/h2-6,8-10H,7H2,1H3,(H,15,17). The van der Waals surface area contributed by atoms with Crippen molar-refractivity contribution in [1.29, 1.82) is 0 Å². The number of allylic oxidation sites excluding steroid dienone is 6. The predicted molar refractivity (Wildman–Crippen MR) is 72.9 cm³/mol. The summed E-state index contributed by atoms with van der Waals surface area (Å²) in [6.45, 7) is 2.08. The van der Waals surface area contributed by atoms with Crippen LogP contribution in [0.1, 0.15) is 12.5 Å². The lowest BCUT2D eigenvalue weighted by Gasteiger charge is -2.02. The van der Waals surface area contributed by atoms with Gasteiger partial charge in [0.15, 0.2) is 0 Å². The van der Waals surface area contributed by atoms with Gasteiger partial charge >= 0.3 is 11.2 Å². The number of nitrogens with one attached hydrogen (secondary N) is 1. The number of pyridine rings is 1. The molecule has 5 nitrogen and oxygen atoms in total. The molecule has 1 N–H and O–H groups in total. The van der Waals surface area contributed by atoms with E-state index >= 15 is 0 Å². The zero-order valence-corrected chi connectivity index (χ0v) is 10.5. The fourth-order valence-corrected chi connectivity index (χ4v) is 1.86. The van der Waals surface area contributed by atoms with E-state index in [0.29, 0.717) is 17.9 Å². The van der Waals surface area contributed by atoms with Crippen LogP contribution in [0.15, 0.2) is 53.0 Å². The number of aromatic nitrogens is 1. The second-order valence-corrected chi connectivity index (χ2v) is 4.50. The number of rotatable bonds is 3. The number of H-pyrrole nitrogens is 1. The first-order chi connectivity index (χ1) is 9.06. The van der Waals surface area contributed by atoms with Gasteiger partial charge < -0.3 is 4.98 Å². The van der Waals surface area contributed by atoms with Crippen molar-refractivity contribution < 1.29 is 4.92 Å². The number of aromatic amines is 1. The van der Waals surface area contributed by atoms with E-state index in [1.807, 2.05) is 18.2 Å². The van der Waals surface area contributed by atoms with Crippen molar-refractivity contribution in [3.63, 3.8) is 0 Å². The monoisotopic (exact) mass is 258 g/mol. The molecule has 2 rings (SSSR count). The second-order valence-electron chi connectivity index (χ2n) is 4.50. The maximum atomic E-state index is 11.3. The highest BCUT2D eigenvalue weighted by molar-refractivity contribution is 5.37. The van der Waals surface area contributed by atoms with Crippen LogP contribution in [0.3, 0.4) is 0 Å². The van der Waals surface area contributed by atoms with Crippen molar-refractivity contribution in [2.45, 2.75) is 13.3 Å². The summed E-state index contributed by atoms with van der Waals surface area (Å²) in [6.07, 6.45) is 12.1. The summed E-state index contributed by atoms with van der Waals surface area (Å²) in [6, 6.07) is 1.32. The van der Waals surface area contributed by atoms with E-state index in [2.05, 4.69) is 24.1 Å². The molecule has 1 heterocycles. The maximum Gasteiger partial charge on any atom is 0.334 e. The van der Waals surface area contributed by atoms with Gasteiger partial charge in [-0.15, -0.1) is 0 Å². The lowest BCUT2D eigenvalue weighted by atomic mass is 10.1. The molecule has 1 aromatic rings. The van der Waals surface area contributed by atoms with E-state index < -0.39 is 16.2 Å². The highest BCUT2D eigenvalue weighted by atomic mass is 16.6. The number of hydrogen-bond donors (Lipinski definition) is 1. The largest absolute Gasteiger partial charge is 0.334 e. The Hall–Kier alpha value is -2.43. The molecular formula is C14H14N2O3. The summed E-state index contributed by atoms with van der Waals surface area (Å²) < 4.78 is 0. The van der Waals surface area contributed by atoms with Crippen molar-refractivity contribution in [3.8, 4) is 0 Å². The third-order valence-electron chi connectivity index (χ3n) is 2.89. The molecule has 1 atom stereocenters. The van der Waals surface area contributed by atoms with Crippen LogP contribution in [0.4, 0.5) is 5.69 Å². The van der Waals surface area contributed by atoms with Gasteiger partial charge in [0.05, 0.1) is 4.92 Å². The van der Waals surface area contributed by atoms with E-state index in [4.69, 9.17) is 0 Å². The first kappa shape index (κ1) is 13.0. The Morgan fingerprint density at radius 1 is 1.42 bits per heavy atom. The van der Waals surface area contributed by atoms with Gasteiger partial charge in [0, 0.05) is 12.3 Å². The molecule has 1 aliphatic carbocycles. The van der Waals surface area contributed by atoms with Gasteiger partial charge in [-0.25, -0.2) is 0 Å². The van der Waals surface area contributed by atoms with Crippen LogP contribution in [0, 0.1) is 16.0 Å². The molecule has 0 amide bonds. The van der Waals surface area contributed by atoms with E-state index in [1.165, 1.54) is 12.3 Å². The van der Waals surface area contributed by atoms with Crippen LogP contribution in [0.2, 0.25) is 0 Å². The quantitative estimate of drug-likeness (QED) is 0.668. The summed E-state index contributed by atoms with van der Waals surface area (Å²) in [7, 11) is 0. The topological polar surface area (TPSA) is 76.0 Å². The minimum Gasteiger partial charge on any atom is -0.323 e.